The van der Waals surface area contributed by atoms with Crippen molar-refractivity contribution >= 4 is 17.7 Å². The summed E-state index contributed by atoms with van der Waals surface area (Å²) in [6.07, 6.45) is -8.70. The summed E-state index contributed by atoms with van der Waals surface area (Å²) in [6.45, 7) is 7.20. The van der Waals surface area contributed by atoms with Crippen LogP contribution in [0.5, 0.6) is 0 Å². The molecule has 3 heterocycles. The predicted octanol–water partition coefficient (Wildman–Crippen LogP) is -3.57. The normalized spacial score (nSPS) is 32.9. The van der Waals surface area contributed by atoms with Crippen molar-refractivity contribution in [1.29, 1.82) is 0 Å². The van der Waals surface area contributed by atoms with Crippen LogP contribution in [0.3, 0.4) is 0 Å². The molecular formula is C44H81N3O21. The number of aliphatic hydroxyl groups is 9. The molecule has 0 bridgehead atoms. The Morgan fingerprint density at radius 1 is 0.426 bits per heavy atom. The quantitative estimate of drug-likeness (QED) is 0.0283. The van der Waals surface area contributed by atoms with Crippen LogP contribution in [0.15, 0.2) is 0 Å². The summed E-state index contributed by atoms with van der Waals surface area (Å²) in [5, 5.41) is 98.4. The number of nitrogens with one attached hydrogen (secondary N) is 3. The van der Waals surface area contributed by atoms with Crippen molar-refractivity contribution in [1.82, 2.24) is 16.0 Å². The van der Waals surface area contributed by atoms with E-state index in [-0.39, 0.29) is 19.8 Å². The zero-order chi connectivity index (χ0) is 50.2. The summed E-state index contributed by atoms with van der Waals surface area (Å²) >= 11 is 0. The lowest BCUT2D eigenvalue weighted by Crippen LogP contribution is -2.64. The smallest absolute Gasteiger partial charge is 0.217 e. The number of rotatable bonds is 33. The molecule has 6 unspecified atom stereocenters. The van der Waals surface area contributed by atoms with Gasteiger partial charge in [0.05, 0.1) is 39.6 Å². The molecule has 3 aliphatic heterocycles. The maximum atomic E-state index is 11.7. The van der Waals surface area contributed by atoms with Crippen LogP contribution in [-0.2, 0) is 57.0 Å². The summed E-state index contributed by atoms with van der Waals surface area (Å²) in [5.41, 5.74) is -0.515. The second-order valence-electron chi connectivity index (χ2n) is 18.1. The molecule has 0 saturated carbocycles. The van der Waals surface area contributed by atoms with Crippen molar-refractivity contribution in [3.8, 4) is 0 Å². The van der Waals surface area contributed by atoms with E-state index in [0.717, 1.165) is 19.3 Å². The van der Waals surface area contributed by atoms with Crippen molar-refractivity contribution in [3.05, 3.63) is 0 Å². The number of hydrogen-bond donors (Lipinski definition) is 12. The molecule has 3 amide bonds. The van der Waals surface area contributed by atoms with Crippen molar-refractivity contribution < 1.29 is 103 Å². The van der Waals surface area contributed by atoms with Crippen LogP contribution < -0.4 is 16.0 Å². The van der Waals surface area contributed by atoms with Crippen molar-refractivity contribution in [2.24, 2.45) is 5.41 Å². The molecule has 3 aliphatic rings. The number of carbonyl (C=O) groups is 3. The Hall–Kier alpha value is -2.31. The molecule has 15 atom stereocenters. The van der Waals surface area contributed by atoms with Crippen LogP contribution in [0.25, 0.3) is 0 Å². The average molecular weight is 988 g/mol. The molecule has 68 heavy (non-hydrogen) atoms. The Morgan fingerprint density at radius 3 is 0.912 bits per heavy atom. The zero-order valence-electron chi connectivity index (χ0n) is 39.9. The maximum absolute atomic E-state index is 11.7. The first-order valence-corrected chi connectivity index (χ1v) is 23.7. The lowest BCUT2D eigenvalue weighted by molar-refractivity contribution is -0.270. The SMILES string of the molecule is CC(=O)N[C@@H]1C(OCCCCCOCC(C)(COCCCCCOC2OC(CO)[C@H](O)[C@H](O)[C@@H]2NC(C)=O)COCCCCCOC2OC(CO)[C@H](O)[C@H](O)[C@@H]2NC(C)=O)OC(CO)[C@H](O)[C@@H]1O. The first-order valence-electron chi connectivity index (χ1n) is 23.7. The molecule has 0 aromatic rings. The lowest BCUT2D eigenvalue weighted by Gasteiger charge is -2.42. The number of amides is 3. The second kappa shape index (κ2) is 31.9. The minimum Gasteiger partial charge on any atom is -0.394 e. The summed E-state index contributed by atoms with van der Waals surface area (Å²) < 4.78 is 52.5. The van der Waals surface area contributed by atoms with Crippen LogP contribution in [0.4, 0.5) is 0 Å². The van der Waals surface area contributed by atoms with Gasteiger partial charge in [-0.25, -0.2) is 0 Å². The monoisotopic (exact) mass is 988 g/mol. The Kier molecular flexibility index (Phi) is 28.1. The van der Waals surface area contributed by atoms with E-state index in [2.05, 4.69) is 16.0 Å². The van der Waals surface area contributed by atoms with E-state index < -0.39 is 135 Å². The van der Waals surface area contributed by atoms with Gasteiger partial charge in [0.25, 0.3) is 0 Å². The first kappa shape index (κ1) is 60.0. The van der Waals surface area contributed by atoms with Gasteiger partial charge in [-0.05, 0) is 57.8 Å². The standard InChI is InChI=1S/C44H81N3O21/c1-26(51)45-32-38(57)35(54)29(20-48)66-41(32)63-17-11-5-8-14-60-23-44(4,24-61-15-9-6-12-18-64-42-33(46-27(2)52)39(58)36(55)30(21-49)67-42)25-62-16-10-7-13-19-65-43-34(47-28(3)53)40(59)37(56)31(22-50)68-43/h29-43,48-50,54-59H,5-25H2,1-4H3,(H,45,51)(H,46,52)(H,47,53)/t29?,30?,31?,32-,33-,34-,35-,36-,37-,38+,39+,40+,41?,42?,43?,44?/m0/s1. The van der Waals surface area contributed by atoms with E-state index in [9.17, 15) is 60.3 Å². The molecule has 24 heteroatoms. The average Bonchev–Trinajstić information content (AvgIpc) is 3.29. The number of aliphatic hydroxyl groups excluding tert-OH is 9. The predicted molar refractivity (Wildman–Crippen MR) is 236 cm³/mol. The Morgan fingerprint density at radius 2 is 0.676 bits per heavy atom. The topological polar surface area (TPSA) is 352 Å². The largest absolute Gasteiger partial charge is 0.394 e. The fourth-order valence-corrected chi connectivity index (χ4v) is 7.97. The third-order valence-corrected chi connectivity index (χ3v) is 11.7. The molecule has 24 nitrogen and oxygen atoms in total. The molecule has 3 saturated heterocycles. The van der Waals surface area contributed by atoms with Crippen LogP contribution in [0.2, 0.25) is 0 Å². The molecule has 12 N–H and O–H groups in total. The van der Waals surface area contributed by atoms with E-state index in [1.807, 2.05) is 6.92 Å². The summed E-state index contributed by atoms with van der Waals surface area (Å²) in [7, 11) is 0. The molecule has 3 rings (SSSR count). The van der Waals surface area contributed by atoms with Crippen LogP contribution in [-0.4, -0.2) is 235 Å². The molecule has 0 aromatic carbocycles. The number of hydrogen-bond acceptors (Lipinski definition) is 21. The van der Waals surface area contributed by atoms with Gasteiger partial charge in [0, 0.05) is 65.8 Å². The van der Waals surface area contributed by atoms with Gasteiger partial charge in [-0.15, -0.1) is 0 Å². The minimum atomic E-state index is -1.40. The molecule has 0 aliphatic carbocycles. The highest BCUT2D eigenvalue weighted by atomic mass is 16.7. The number of ether oxygens (including phenoxy) is 9. The molecule has 3 fully saturated rings. The molecule has 0 spiro atoms. The molecular weight excluding hydrogens is 906 g/mol. The minimum absolute atomic E-state index is 0.228. The summed E-state index contributed by atoms with van der Waals surface area (Å²) in [5.74, 6) is -1.31. The third-order valence-electron chi connectivity index (χ3n) is 11.7. The van der Waals surface area contributed by atoms with Crippen molar-refractivity contribution in [2.45, 2.75) is 177 Å². The number of unbranched alkanes of at least 4 members (excludes halogenated alkanes) is 6. The fourth-order valence-electron chi connectivity index (χ4n) is 7.97. The van der Waals surface area contributed by atoms with Crippen molar-refractivity contribution in [2.75, 3.05) is 79.3 Å². The maximum Gasteiger partial charge on any atom is 0.217 e. The van der Waals surface area contributed by atoms with E-state index in [4.69, 9.17) is 42.6 Å². The first-order chi connectivity index (χ1) is 32.5. The van der Waals surface area contributed by atoms with Crippen LogP contribution in [0.1, 0.15) is 85.5 Å². The van der Waals surface area contributed by atoms with Gasteiger partial charge < -0.3 is 105 Å². The van der Waals surface area contributed by atoms with E-state index in [1.54, 1.807) is 0 Å². The van der Waals surface area contributed by atoms with Crippen LogP contribution >= 0.6 is 0 Å². The highest BCUT2D eigenvalue weighted by molar-refractivity contribution is 5.74. The fraction of sp³-hybridized carbons (Fsp3) is 0.932. The third kappa shape index (κ3) is 20.1. The summed E-state index contributed by atoms with van der Waals surface area (Å²) in [6, 6.07) is -3.04. The van der Waals surface area contributed by atoms with Gasteiger partial charge in [0.1, 0.15) is 73.1 Å². The summed E-state index contributed by atoms with van der Waals surface area (Å²) in [4.78, 5) is 35.1. The highest BCUT2D eigenvalue weighted by Gasteiger charge is 2.47. The molecule has 0 aromatic heterocycles. The Labute approximate surface area is 398 Å². The van der Waals surface area contributed by atoms with E-state index in [1.165, 1.54) is 20.8 Å². The van der Waals surface area contributed by atoms with Gasteiger partial charge in [0.15, 0.2) is 18.9 Å². The molecule has 398 valence electrons. The highest BCUT2D eigenvalue weighted by Crippen LogP contribution is 2.26. The van der Waals surface area contributed by atoms with Gasteiger partial charge >= 0.3 is 0 Å². The second-order valence-corrected chi connectivity index (χ2v) is 18.1. The van der Waals surface area contributed by atoms with Gasteiger partial charge in [-0.1, -0.05) is 6.92 Å². The van der Waals surface area contributed by atoms with Crippen molar-refractivity contribution in [3.63, 3.8) is 0 Å². The van der Waals surface area contributed by atoms with Crippen LogP contribution in [0, 0.1) is 5.41 Å². The zero-order valence-corrected chi connectivity index (χ0v) is 39.9. The van der Waals surface area contributed by atoms with Gasteiger partial charge in [-0.3, -0.25) is 14.4 Å². The Balaban J connectivity index is 1.42. The number of carbonyl (C=O) groups excluding carboxylic acids is 3. The van der Waals surface area contributed by atoms with E-state index >= 15 is 0 Å². The van der Waals surface area contributed by atoms with Gasteiger partial charge in [-0.2, -0.15) is 0 Å². The lowest BCUT2D eigenvalue weighted by atomic mass is 9.94. The van der Waals surface area contributed by atoms with E-state index in [0.29, 0.717) is 78.2 Å². The Bertz CT molecular complexity index is 1260. The molecule has 0 radical (unpaired) electrons. The van der Waals surface area contributed by atoms with Gasteiger partial charge in [0.2, 0.25) is 17.7 Å².